The van der Waals surface area contributed by atoms with E-state index in [0.717, 1.165) is 30.1 Å². The Bertz CT molecular complexity index is 1210. The van der Waals surface area contributed by atoms with E-state index in [1.807, 2.05) is 7.05 Å². The van der Waals surface area contributed by atoms with Crippen LogP contribution in [0.3, 0.4) is 0 Å². The number of nitriles is 1. The molecule has 0 aromatic heterocycles. The summed E-state index contributed by atoms with van der Waals surface area (Å²) in [7, 11) is 1.99. The second kappa shape index (κ2) is 8.43. The fourth-order valence-corrected chi connectivity index (χ4v) is 6.44. The fraction of sp³-hybridized carbons (Fsp3) is 0.600. The van der Waals surface area contributed by atoms with Crippen LogP contribution in [0, 0.1) is 23.2 Å². The van der Waals surface area contributed by atoms with E-state index in [0.29, 0.717) is 18.9 Å². The Morgan fingerprint density at radius 2 is 1.84 bits per heavy atom. The van der Waals surface area contributed by atoms with Crippen molar-refractivity contribution in [1.29, 1.82) is 5.26 Å². The number of alkyl carbamates (subject to hydrolysis) is 1. The molecule has 0 saturated carbocycles. The lowest BCUT2D eigenvalue weighted by Gasteiger charge is -2.36. The number of fused-ring (bicyclic) bond motifs is 5. The predicted octanol–water partition coefficient (Wildman–Crippen LogP) is 2.82. The maximum atomic E-state index is 13.6. The lowest BCUT2D eigenvalue weighted by Crippen LogP contribution is -2.56. The van der Waals surface area contributed by atoms with E-state index in [-0.39, 0.29) is 18.2 Å². The quantitative estimate of drug-likeness (QED) is 0.610. The minimum Gasteiger partial charge on any atom is -0.446 e. The van der Waals surface area contributed by atoms with Crippen LogP contribution in [-0.4, -0.2) is 66.3 Å². The normalized spacial score (nSPS) is 34.0. The molecule has 198 valence electrons. The number of alkyl halides is 3. The molecule has 2 unspecified atom stereocenters. The molecule has 12 heteroatoms. The zero-order chi connectivity index (χ0) is 26.9. The summed E-state index contributed by atoms with van der Waals surface area (Å²) < 4.78 is 52.4. The first kappa shape index (κ1) is 25.5. The maximum Gasteiger partial charge on any atom is 0.417 e. The number of hydrogen-bond acceptors (Lipinski definition) is 7. The van der Waals surface area contributed by atoms with Crippen molar-refractivity contribution >= 4 is 23.6 Å². The number of nitrogens with one attached hydrogen (secondary N) is 1. The van der Waals surface area contributed by atoms with Crippen molar-refractivity contribution in [3.63, 3.8) is 0 Å². The number of rotatable bonds is 3. The Balaban J connectivity index is 1.39. The molecule has 3 amide bonds. The molecule has 2 bridgehead atoms. The SMILES string of the molecule is CN1CCC(OC(=O)N[C@H]2CC3(C)OC2(C)[C@@H]2C(=O)N(c4ccc(C#N)c(C(F)(F)F)c4)C(=O)[C@@H]23)CC1. The summed E-state index contributed by atoms with van der Waals surface area (Å²) in [6.07, 6.45) is -4.05. The minimum absolute atomic E-state index is 0.226. The van der Waals surface area contributed by atoms with Crippen LogP contribution >= 0.6 is 0 Å². The number of hydrogen-bond donors (Lipinski definition) is 1. The Morgan fingerprint density at radius 3 is 2.46 bits per heavy atom. The molecule has 4 fully saturated rings. The summed E-state index contributed by atoms with van der Waals surface area (Å²) in [6.45, 7) is 4.93. The van der Waals surface area contributed by atoms with E-state index in [2.05, 4.69) is 10.2 Å². The molecule has 0 radical (unpaired) electrons. The first-order valence-electron chi connectivity index (χ1n) is 12.1. The van der Waals surface area contributed by atoms with Gasteiger partial charge in [-0.1, -0.05) is 0 Å². The van der Waals surface area contributed by atoms with Gasteiger partial charge in [-0.2, -0.15) is 18.4 Å². The van der Waals surface area contributed by atoms with Crippen LogP contribution in [0.5, 0.6) is 0 Å². The van der Waals surface area contributed by atoms with Crippen molar-refractivity contribution < 1.29 is 37.0 Å². The Labute approximate surface area is 211 Å². The summed E-state index contributed by atoms with van der Waals surface area (Å²) in [5.74, 6) is -3.28. The number of benzene rings is 1. The van der Waals surface area contributed by atoms with Gasteiger partial charge in [-0.05, 0) is 51.9 Å². The molecule has 4 aliphatic rings. The van der Waals surface area contributed by atoms with Crippen LogP contribution in [0.4, 0.5) is 23.7 Å². The lowest BCUT2D eigenvalue weighted by molar-refractivity contribution is -0.138. The third-order valence-corrected chi connectivity index (χ3v) is 8.25. The largest absolute Gasteiger partial charge is 0.446 e. The van der Waals surface area contributed by atoms with Gasteiger partial charge in [0.2, 0.25) is 11.8 Å². The van der Waals surface area contributed by atoms with Gasteiger partial charge in [-0.3, -0.25) is 9.59 Å². The molecule has 9 nitrogen and oxygen atoms in total. The van der Waals surface area contributed by atoms with Crippen LogP contribution in [0.15, 0.2) is 18.2 Å². The van der Waals surface area contributed by atoms with Crippen LogP contribution in [0.2, 0.25) is 0 Å². The highest BCUT2D eigenvalue weighted by Gasteiger charge is 2.76. The van der Waals surface area contributed by atoms with Crippen molar-refractivity contribution in [2.24, 2.45) is 11.8 Å². The van der Waals surface area contributed by atoms with Crippen LogP contribution in [0.25, 0.3) is 0 Å². The van der Waals surface area contributed by atoms with Crippen LogP contribution in [0.1, 0.15) is 44.2 Å². The lowest BCUT2D eigenvalue weighted by atomic mass is 9.66. The number of likely N-dealkylation sites (tertiary alicyclic amines) is 1. The summed E-state index contributed by atoms with van der Waals surface area (Å²) in [6, 6.07) is 3.61. The number of amides is 3. The molecule has 0 spiro atoms. The third kappa shape index (κ3) is 3.95. The number of halogens is 3. The zero-order valence-corrected chi connectivity index (χ0v) is 20.6. The number of anilines is 1. The first-order chi connectivity index (χ1) is 17.3. The zero-order valence-electron chi connectivity index (χ0n) is 20.6. The van der Waals surface area contributed by atoms with Gasteiger partial charge in [0.25, 0.3) is 0 Å². The summed E-state index contributed by atoms with van der Waals surface area (Å²) in [5.41, 5.74) is -4.45. The van der Waals surface area contributed by atoms with Gasteiger partial charge in [0.15, 0.2) is 0 Å². The van der Waals surface area contributed by atoms with E-state index < -0.39 is 64.3 Å². The van der Waals surface area contributed by atoms with Gasteiger partial charge in [0.1, 0.15) is 6.10 Å². The van der Waals surface area contributed by atoms with E-state index >= 15 is 0 Å². The van der Waals surface area contributed by atoms with Crippen molar-refractivity contribution in [2.45, 2.75) is 62.6 Å². The monoisotopic (exact) mass is 520 g/mol. The smallest absolute Gasteiger partial charge is 0.417 e. The van der Waals surface area contributed by atoms with Crippen LogP contribution in [-0.2, 0) is 25.2 Å². The summed E-state index contributed by atoms with van der Waals surface area (Å²) >= 11 is 0. The second-order valence-electron chi connectivity index (χ2n) is 10.7. The molecule has 37 heavy (non-hydrogen) atoms. The number of imide groups is 1. The molecule has 4 heterocycles. The minimum atomic E-state index is -4.84. The first-order valence-corrected chi connectivity index (χ1v) is 12.1. The van der Waals surface area contributed by atoms with Gasteiger partial charge in [0.05, 0.1) is 52.0 Å². The van der Waals surface area contributed by atoms with Crippen molar-refractivity contribution in [3.8, 4) is 6.07 Å². The highest BCUT2D eigenvalue weighted by Crippen LogP contribution is 2.61. The number of carbonyl (C=O) groups excluding carboxylic acids is 3. The molecular weight excluding hydrogens is 493 g/mol. The molecule has 0 aliphatic carbocycles. The third-order valence-electron chi connectivity index (χ3n) is 8.25. The number of piperidine rings is 1. The van der Waals surface area contributed by atoms with Gasteiger partial charge >= 0.3 is 12.3 Å². The second-order valence-corrected chi connectivity index (χ2v) is 10.7. The number of nitrogens with zero attached hydrogens (tertiary/aromatic N) is 3. The maximum absolute atomic E-state index is 13.6. The van der Waals surface area contributed by atoms with Gasteiger partial charge < -0.3 is 19.7 Å². The van der Waals surface area contributed by atoms with E-state index in [9.17, 15) is 27.6 Å². The van der Waals surface area contributed by atoms with E-state index in [1.165, 1.54) is 6.07 Å². The molecule has 1 aromatic rings. The molecule has 5 rings (SSSR count). The fourth-order valence-electron chi connectivity index (χ4n) is 6.44. The van der Waals surface area contributed by atoms with Gasteiger partial charge in [-0.15, -0.1) is 0 Å². The highest BCUT2D eigenvalue weighted by molar-refractivity contribution is 6.23. The average Bonchev–Trinajstić information content (AvgIpc) is 3.34. The molecule has 4 aliphatic heterocycles. The highest BCUT2D eigenvalue weighted by atomic mass is 19.4. The topological polar surface area (TPSA) is 112 Å². The van der Waals surface area contributed by atoms with Gasteiger partial charge in [-0.25, -0.2) is 9.69 Å². The molecule has 5 atom stereocenters. The molecule has 4 saturated heterocycles. The Hall–Kier alpha value is -3.17. The van der Waals surface area contributed by atoms with Crippen molar-refractivity contribution in [2.75, 3.05) is 25.0 Å². The van der Waals surface area contributed by atoms with Gasteiger partial charge in [0, 0.05) is 19.5 Å². The molecular formula is C25H27F3N4O5. The molecule has 1 N–H and O–H groups in total. The predicted molar refractivity (Wildman–Crippen MR) is 122 cm³/mol. The standard InChI is InChI=1S/C25H27F3N4O5/c1-23-11-17(30-22(35)36-15-6-8-31(3)9-7-15)24(2,37-23)19-18(23)20(33)32(21(19)34)14-5-4-13(12-29)16(10-14)25(26,27)28/h4-5,10,15,17-19H,6-9,11H2,1-3H3,(H,30,35)/t17-,18+,19-,23?,24?/m0/s1. The number of ether oxygens (including phenoxy) is 2. The van der Waals surface area contributed by atoms with Crippen molar-refractivity contribution in [1.82, 2.24) is 10.2 Å². The Kier molecular flexibility index (Phi) is 5.80. The van der Waals surface area contributed by atoms with E-state index in [4.69, 9.17) is 14.7 Å². The summed E-state index contributed by atoms with van der Waals surface area (Å²) in [5, 5.41) is 11.9. The number of carbonyl (C=O) groups is 3. The summed E-state index contributed by atoms with van der Waals surface area (Å²) in [4.78, 5) is 42.6. The van der Waals surface area contributed by atoms with Crippen LogP contribution < -0.4 is 10.2 Å². The van der Waals surface area contributed by atoms with E-state index in [1.54, 1.807) is 13.8 Å². The van der Waals surface area contributed by atoms with Crippen molar-refractivity contribution in [3.05, 3.63) is 29.3 Å². The Morgan fingerprint density at radius 1 is 1.19 bits per heavy atom. The molecule has 1 aromatic carbocycles. The average molecular weight is 521 g/mol.